The molecule has 0 spiro atoms. The smallest absolute Gasteiger partial charge is 0.122 e. The third-order valence-electron chi connectivity index (χ3n) is 5.76. The average molecular weight is 641 g/mol. The van der Waals surface area contributed by atoms with Gasteiger partial charge in [-0.2, -0.15) is 0 Å². The second-order valence-corrected chi connectivity index (χ2v) is 10.5. The molecule has 0 saturated carbocycles. The van der Waals surface area contributed by atoms with E-state index in [0.29, 0.717) is 38.1 Å². The zero-order valence-corrected chi connectivity index (χ0v) is 30.8. The molecule has 0 bridgehead atoms. The van der Waals surface area contributed by atoms with Gasteiger partial charge in [0.2, 0.25) is 0 Å². The monoisotopic (exact) mass is 640 g/mol. The summed E-state index contributed by atoms with van der Waals surface area (Å²) in [5.74, 6) is 2.90. The minimum absolute atomic E-state index is 0.338. The van der Waals surface area contributed by atoms with Gasteiger partial charge < -0.3 is 28.4 Å². The van der Waals surface area contributed by atoms with Gasteiger partial charge in [0.1, 0.15) is 55.4 Å². The fraction of sp³-hybridized carbons (Fsp3) is 0.550. The van der Waals surface area contributed by atoms with E-state index in [0.717, 1.165) is 37.1 Å². The predicted molar refractivity (Wildman–Crippen MR) is 194 cm³/mol. The first-order chi connectivity index (χ1) is 22.4. The maximum Gasteiger partial charge on any atom is 0.122 e. The molecule has 6 heteroatoms. The fourth-order valence-electron chi connectivity index (χ4n) is 3.20. The zero-order valence-electron chi connectivity index (χ0n) is 30.8. The van der Waals surface area contributed by atoms with Gasteiger partial charge in [-0.1, -0.05) is 123 Å². The standard InChI is InChI=1S/3C10H12O2.2C3H8.2C2H6/c3*1-8-4-2-3-5-10(8)12-7-9-6-11-9;2*1-3-2;2*1-2/h3*2-5,9H,6-7H2,1H3;2*3H2,1-2H3;2*1-2H3. The molecule has 3 aliphatic rings. The van der Waals surface area contributed by atoms with E-state index in [1.165, 1.54) is 29.5 Å². The van der Waals surface area contributed by atoms with Gasteiger partial charge in [0.25, 0.3) is 0 Å². The minimum atomic E-state index is 0.338. The lowest BCUT2D eigenvalue weighted by atomic mass is 10.2. The van der Waals surface area contributed by atoms with Crippen molar-refractivity contribution in [2.24, 2.45) is 0 Å². The summed E-state index contributed by atoms with van der Waals surface area (Å²) >= 11 is 0. The van der Waals surface area contributed by atoms with Crippen LogP contribution in [0.5, 0.6) is 17.2 Å². The second-order valence-electron chi connectivity index (χ2n) is 10.5. The Kier molecular flexibility index (Phi) is 26.3. The normalized spacial score (nSPS) is 17.2. The number of epoxide rings is 3. The molecule has 3 aromatic rings. The van der Waals surface area contributed by atoms with Crippen LogP contribution in [0.4, 0.5) is 0 Å². The molecule has 3 aliphatic heterocycles. The zero-order chi connectivity index (χ0) is 34.6. The summed E-state index contributed by atoms with van der Waals surface area (Å²) in [6.07, 6.45) is 3.51. The van der Waals surface area contributed by atoms with Gasteiger partial charge in [-0.3, -0.25) is 0 Å². The van der Waals surface area contributed by atoms with Crippen molar-refractivity contribution in [3.8, 4) is 17.2 Å². The van der Waals surface area contributed by atoms with Crippen LogP contribution < -0.4 is 14.2 Å². The number of hydrogen-bond donors (Lipinski definition) is 0. The average Bonchev–Trinajstić information content (AvgIpc) is 3.93. The predicted octanol–water partition coefficient (Wildman–Crippen LogP) is 10.2. The molecule has 3 atom stereocenters. The van der Waals surface area contributed by atoms with Crippen LogP contribution in [0.3, 0.4) is 0 Å². The van der Waals surface area contributed by atoms with Crippen LogP contribution in [0, 0.1) is 20.8 Å². The van der Waals surface area contributed by atoms with E-state index in [1.54, 1.807) is 0 Å². The third-order valence-corrected chi connectivity index (χ3v) is 5.76. The van der Waals surface area contributed by atoms with Crippen molar-refractivity contribution >= 4 is 0 Å². The van der Waals surface area contributed by atoms with Gasteiger partial charge in [-0.15, -0.1) is 0 Å². The van der Waals surface area contributed by atoms with Crippen molar-refractivity contribution in [1.29, 1.82) is 0 Å². The summed E-state index contributed by atoms with van der Waals surface area (Å²) in [5.41, 5.74) is 3.54. The van der Waals surface area contributed by atoms with Crippen LogP contribution in [0.15, 0.2) is 72.8 Å². The highest BCUT2D eigenvalue weighted by atomic mass is 16.6. The third kappa shape index (κ3) is 22.4. The molecule has 0 N–H and O–H groups in total. The van der Waals surface area contributed by atoms with Crippen molar-refractivity contribution in [2.75, 3.05) is 39.6 Å². The van der Waals surface area contributed by atoms with Gasteiger partial charge in [0, 0.05) is 0 Å². The largest absolute Gasteiger partial charge is 0.491 e. The number of para-hydroxylation sites is 3. The topological polar surface area (TPSA) is 65.3 Å². The molecule has 0 aromatic heterocycles. The van der Waals surface area contributed by atoms with Gasteiger partial charge in [-0.25, -0.2) is 0 Å². The maximum absolute atomic E-state index is 5.54. The molecule has 0 amide bonds. The summed E-state index contributed by atoms with van der Waals surface area (Å²) in [4.78, 5) is 0. The maximum atomic E-state index is 5.54. The Balaban J connectivity index is 0.000000578. The molecule has 3 fully saturated rings. The Bertz CT molecular complexity index is 967. The summed E-state index contributed by atoms with van der Waals surface area (Å²) in [6.45, 7) is 27.2. The van der Waals surface area contributed by atoms with E-state index < -0.39 is 0 Å². The lowest BCUT2D eigenvalue weighted by molar-refractivity contribution is 0.262. The number of hydrogen-bond acceptors (Lipinski definition) is 6. The van der Waals surface area contributed by atoms with Crippen molar-refractivity contribution in [1.82, 2.24) is 0 Å². The molecule has 0 radical (unpaired) electrons. The summed E-state index contributed by atoms with van der Waals surface area (Å²) in [5, 5.41) is 0. The summed E-state index contributed by atoms with van der Waals surface area (Å²) in [6, 6.07) is 24.1. The lowest BCUT2D eigenvalue weighted by Crippen LogP contribution is -2.04. The number of aryl methyl sites for hydroxylation is 3. The van der Waals surface area contributed by atoms with Crippen molar-refractivity contribution in [2.45, 2.75) is 107 Å². The number of rotatable bonds is 9. The van der Waals surface area contributed by atoms with Crippen LogP contribution in [0.1, 0.15) is 84.9 Å². The van der Waals surface area contributed by atoms with E-state index in [9.17, 15) is 0 Å². The lowest BCUT2D eigenvalue weighted by Gasteiger charge is -2.06. The van der Waals surface area contributed by atoms with E-state index in [4.69, 9.17) is 28.4 Å². The van der Waals surface area contributed by atoms with Crippen molar-refractivity contribution in [3.05, 3.63) is 89.5 Å². The molecule has 3 unspecified atom stereocenters. The van der Waals surface area contributed by atoms with Gasteiger partial charge >= 0.3 is 0 Å². The van der Waals surface area contributed by atoms with E-state index >= 15 is 0 Å². The quantitative estimate of drug-likeness (QED) is 0.217. The SMILES string of the molecule is CC.CC.CCC.CCC.Cc1ccccc1OCC1CO1.Cc1ccccc1OCC1CO1.Cc1ccccc1OCC1CO1. The van der Waals surface area contributed by atoms with Gasteiger partial charge in [-0.05, 0) is 55.7 Å². The van der Waals surface area contributed by atoms with Crippen LogP contribution in [0.2, 0.25) is 0 Å². The Labute approximate surface area is 281 Å². The Hall–Kier alpha value is -3.06. The van der Waals surface area contributed by atoms with E-state index in [-0.39, 0.29) is 0 Å². The molecular formula is C40H64O6. The van der Waals surface area contributed by atoms with Crippen LogP contribution in [-0.4, -0.2) is 58.0 Å². The second kappa shape index (κ2) is 28.2. The van der Waals surface area contributed by atoms with Crippen molar-refractivity contribution < 1.29 is 28.4 Å². The molecule has 3 aromatic carbocycles. The molecule has 0 aliphatic carbocycles. The highest BCUT2D eigenvalue weighted by Gasteiger charge is 2.24. The van der Waals surface area contributed by atoms with Crippen molar-refractivity contribution in [3.63, 3.8) is 0 Å². The Morgan fingerprint density at radius 2 is 0.652 bits per heavy atom. The molecule has 46 heavy (non-hydrogen) atoms. The summed E-state index contributed by atoms with van der Waals surface area (Å²) in [7, 11) is 0. The van der Waals surface area contributed by atoms with Crippen LogP contribution >= 0.6 is 0 Å². The van der Waals surface area contributed by atoms with Gasteiger partial charge in [0.15, 0.2) is 0 Å². The van der Waals surface area contributed by atoms with E-state index in [1.807, 2.05) is 121 Å². The number of ether oxygens (including phenoxy) is 6. The first kappa shape index (κ1) is 42.9. The Morgan fingerprint density at radius 3 is 0.826 bits per heavy atom. The molecule has 6 nitrogen and oxygen atoms in total. The molecule has 260 valence electrons. The molecular weight excluding hydrogens is 576 g/mol. The molecule has 6 rings (SSSR count). The van der Waals surface area contributed by atoms with E-state index in [2.05, 4.69) is 27.7 Å². The van der Waals surface area contributed by atoms with Crippen LogP contribution in [0.25, 0.3) is 0 Å². The first-order valence-electron chi connectivity index (χ1n) is 17.3. The molecule has 3 heterocycles. The minimum Gasteiger partial charge on any atom is -0.491 e. The fourth-order valence-corrected chi connectivity index (χ4v) is 3.20. The highest BCUT2D eigenvalue weighted by molar-refractivity contribution is 5.33. The number of benzene rings is 3. The Morgan fingerprint density at radius 1 is 0.457 bits per heavy atom. The van der Waals surface area contributed by atoms with Crippen LogP contribution in [-0.2, 0) is 14.2 Å². The first-order valence-corrected chi connectivity index (χ1v) is 17.3. The van der Waals surface area contributed by atoms with Gasteiger partial charge in [0.05, 0.1) is 19.8 Å². The summed E-state index contributed by atoms with van der Waals surface area (Å²) < 4.78 is 31.7. The highest BCUT2D eigenvalue weighted by Crippen LogP contribution is 2.20. The molecule has 3 saturated heterocycles.